The number of aliphatic hydroxyl groups is 1. The van der Waals surface area contributed by atoms with Crippen molar-refractivity contribution in [1.82, 2.24) is 14.6 Å². The predicted octanol–water partition coefficient (Wildman–Crippen LogP) is 4.57. The van der Waals surface area contributed by atoms with Crippen LogP contribution in [0.2, 0.25) is 0 Å². The van der Waals surface area contributed by atoms with Gasteiger partial charge in [0.05, 0.1) is 9.30 Å². The van der Waals surface area contributed by atoms with Gasteiger partial charge in [-0.3, -0.25) is 0 Å². The second-order valence-electron chi connectivity index (χ2n) is 7.51. The van der Waals surface area contributed by atoms with E-state index in [-0.39, 0.29) is 17.1 Å². The third-order valence-corrected chi connectivity index (χ3v) is 5.22. The summed E-state index contributed by atoms with van der Waals surface area (Å²) in [5, 5.41) is 14.4. The summed E-state index contributed by atoms with van der Waals surface area (Å²) >= 11 is 0. The van der Waals surface area contributed by atoms with Gasteiger partial charge < -0.3 is 15.6 Å². The minimum Gasteiger partial charge on any atom is -0.490 e. The summed E-state index contributed by atoms with van der Waals surface area (Å²) in [6, 6.07) is 10.6. The first kappa shape index (κ1) is 20.0. The minimum atomic E-state index is -4.07. The monoisotopic (exact) mass is 462 g/mol. The smallest absolute Gasteiger partial charge is 0.283 e. The molecule has 4 rings (SSSR count). The van der Waals surface area contributed by atoms with Crippen molar-refractivity contribution in [2.24, 2.45) is 0 Å². The van der Waals surface area contributed by atoms with Crippen molar-refractivity contribution >= 4 is 11.6 Å². The second kappa shape index (κ2) is 8.36. The second-order valence-corrected chi connectivity index (χ2v) is 7.51. The Labute approximate surface area is 189 Å². The van der Waals surface area contributed by atoms with E-state index < -0.39 is 41.9 Å². The largest absolute Gasteiger partial charge is 0.490 e. The summed E-state index contributed by atoms with van der Waals surface area (Å²) in [5.74, 6) is -6.33. The Balaban J connectivity index is 1.59. The van der Waals surface area contributed by atoms with Crippen molar-refractivity contribution in [2.75, 3.05) is 12.3 Å². The average molecular weight is 462 g/mol. The number of rotatable bonds is 7. The molecule has 6 nitrogen and oxygen atoms in total. The Morgan fingerprint density at radius 3 is 2.61 bits per heavy atom. The van der Waals surface area contributed by atoms with E-state index in [1.807, 2.05) is 0 Å². The third-order valence-electron chi connectivity index (χ3n) is 5.22. The van der Waals surface area contributed by atoms with E-state index in [9.17, 15) is 18.3 Å². The van der Waals surface area contributed by atoms with Gasteiger partial charge in [0.15, 0.2) is 22.8 Å². The van der Waals surface area contributed by atoms with E-state index in [0.29, 0.717) is 11.2 Å². The lowest BCUT2D eigenvalue weighted by Gasteiger charge is -2.33. The van der Waals surface area contributed by atoms with Gasteiger partial charge in [0, 0.05) is 18.2 Å². The van der Waals surface area contributed by atoms with Gasteiger partial charge in [-0.05, 0) is 48.4 Å². The molecule has 0 saturated carbocycles. The fourth-order valence-electron chi connectivity index (χ4n) is 3.24. The topological polar surface area (TPSA) is 85.7 Å². The molecule has 2 aromatic carbocycles. The molecule has 0 aliphatic carbocycles. The van der Waals surface area contributed by atoms with E-state index in [1.165, 1.54) is 35.0 Å². The van der Waals surface area contributed by atoms with Crippen LogP contribution in [0, 0.1) is 11.6 Å². The normalized spacial score (nSPS) is 15.1. The number of ether oxygens (including phenoxy) is 1. The highest BCUT2D eigenvalue weighted by Gasteiger charge is 2.49. The van der Waals surface area contributed by atoms with Crippen LogP contribution in [0.4, 0.5) is 23.5 Å². The van der Waals surface area contributed by atoms with E-state index >= 15 is 4.39 Å². The lowest BCUT2D eigenvalue weighted by molar-refractivity contribution is -0.184. The van der Waals surface area contributed by atoms with Crippen LogP contribution in [0.1, 0.15) is 21.6 Å². The Hall–Kier alpha value is -3.66. The predicted molar refractivity (Wildman–Crippen MR) is 114 cm³/mol. The average Bonchev–Trinajstić information content (AvgIpc) is 3.13. The Kier molecular flexibility index (Phi) is 5.06. The Morgan fingerprint density at radius 2 is 1.88 bits per heavy atom. The standard InChI is InChI=1S/C23H20F4N4O2/c1-22(32,15-5-7-16(24)8-6-15)23(26,27)10-12-33-18-4-2-3-17(20(18)25)14-9-11-31-19(13-14)29-21(28)30-31/h2-9,11,13,32H,10,12H2,1H3,(H2,28,30)/i12D2. The number of aromatic nitrogens is 3. The molecule has 0 amide bonds. The fraction of sp³-hybridized carbons (Fsp3) is 0.217. The summed E-state index contributed by atoms with van der Waals surface area (Å²) < 4.78 is 80.7. The number of nitrogens with zero attached hydrogens (tertiary/aromatic N) is 3. The molecule has 1 atom stereocenters. The number of hydrogen-bond donors (Lipinski definition) is 2. The molecule has 33 heavy (non-hydrogen) atoms. The van der Waals surface area contributed by atoms with Crippen molar-refractivity contribution in [2.45, 2.75) is 24.9 Å². The first-order valence-corrected chi connectivity index (χ1v) is 9.75. The summed E-state index contributed by atoms with van der Waals surface area (Å²) in [4.78, 5) is 3.99. The van der Waals surface area contributed by atoms with Crippen LogP contribution in [0.3, 0.4) is 0 Å². The Morgan fingerprint density at radius 1 is 1.15 bits per heavy atom. The van der Waals surface area contributed by atoms with E-state index in [4.69, 9.17) is 13.2 Å². The fourth-order valence-corrected chi connectivity index (χ4v) is 3.24. The molecule has 172 valence electrons. The molecule has 0 saturated heterocycles. The maximum absolute atomic E-state index is 15.2. The van der Waals surface area contributed by atoms with Gasteiger partial charge in [0.25, 0.3) is 5.92 Å². The van der Waals surface area contributed by atoms with Crippen LogP contribution in [0.25, 0.3) is 16.8 Å². The number of benzene rings is 2. The van der Waals surface area contributed by atoms with Gasteiger partial charge in [0.1, 0.15) is 5.82 Å². The zero-order valence-electron chi connectivity index (χ0n) is 19.3. The van der Waals surface area contributed by atoms with Crippen LogP contribution in [0.15, 0.2) is 60.8 Å². The molecule has 2 heterocycles. The first-order valence-electron chi connectivity index (χ1n) is 10.8. The van der Waals surface area contributed by atoms with Crippen LogP contribution in [-0.4, -0.2) is 32.2 Å². The zero-order chi connectivity index (χ0) is 25.6. The van der Waals surface area contributed by atoms with Crippen LogP contribution >= 0.6 is 0 Å². The van der Waals surface area contributed by atoms with E-state index in [2.05, 4.69) is 10.1 Å². The van der Waals surface area contributed by atoms with Crippen LogP contribution < -0.4 is 10.5 Å². The van der Waals surface area contributed by atoms with Crippen molar-refractivity contribution in [1.29, 1.82) is 0 Å². The molecule has 0 bridgehead atoms. The molecular weight excluding hydrogens is 440 g/mol. The molecule has 0 radical (unpaired) electrons. The molecule has 3 N–H and O–H groups in total. The summed E-state index contributed by atoms with van der Waals surface area (Å²) in [6.45, 7) is -2.30. The number of anilines is 1. The lowest BCUT2D eigenvalue weighted by atomic mass is 9.87. The molecule has 1 unspecified atom stereocenters. The van der Waals surface area contributed by atoms with Gasteiger partial charge in [-0.25, -0.2) is 22.1 Å². The molecule has 2 aromatic heterocycles. The lowest BCUT2D eigenvalue weighted by Crippen LogP contribution is -2.43. The quantitative estimate of drug-likeness (QED) is 0.393. The van der Waals surface area contributed by atoms with Crippen molar-refractivity contribution in [3.63, 3.8) is 0 Å². The maximum atomic E-state index is 15.2. The number of halogens is 4. The SMILES string of the molecule is [2H]C([2H])(CC(F)(F)C(C)(O)c1ccc(F)cc1)Oc1cccc(-c2ccn3nc(N)nc3c2)c1F. The number of hydrogen-bond acceptors (Lipinski definition) is 5. The molecule has 0 aliphatic rings. The molecule has 4 aromatic rings. The molecule has 10 heteroatoms. The van der Waals surface area contributed by atoms with Gasteiger partial charge in [-0.2, -0.15) is 4.98 Å². The van der Waals surface area contributed by atoms with E-state index in [0.717, 1.165) is 37.3 Å². The third kappa shape index (κ3) is 4.34. The number of nitrogens with two attached hydrogens (primary N) is 1. The van der Waals surface area contributed by atoms with E-state index in [1.54, 1.807) is 0 Å². The zero-order valence-corrected chi connectivity index (χ0v) is 17.3. The molecule has 0 spiro atoms. The summed E-state index contributed by atoms with van der Waals surface area (Å²) in [7, 11) is 0. The van der Waals surface area contributed by atoms with Gasteiger partial charge in [0.2, 0.25) is 5.95 Å². The highest BCUT2D eigenvalue weighted by molar-refractivity contribution is 5.69. The molecule has 0 fully saturated rings. The van der Waals surface area contributed by atoms with Gasteiger partial charge in [-0.1, -0.05) is 24.3 Å². The van der Waals surface area contributed by atoms with Crippen LogP contribution in [-0.2, 0) is 5.60 Å². The van der Waals surface area contributed by atoms with Crippen LogP contribution in [0.5, 0.6) is 5.75 Å². The Bertz CT molecular complexity index is 1380. The molecule has 0 aliphatic heterocycles. The maximum Gasteiger partial charge on any atom is 0.283 e. The molecular formula is C23H20F4N4O2. The minimum absolute atomic E-state index is 0.00689. The number of nitrogen functional groups attached to an aromatic ring is 1. The number of pyridine rings is 1. The summed E-state index contributed by atoms with van der Waals surface area (Å²) in [5.41, 5.74) is 3.07. The summed E-state index contributed by atoms with van der Waals surface area (Å²) in [6.07, 6.45) is -0.114. The highest BCUT2D eigenvalue weighted by atomic mass is 19.3. The first-order chi connectivity index (χ1) is 16.3. The van der Waals surface area contributed by atoms with Crippen molar-refractivity contribution in [3.8, 4) is 16.9 Å². The number of alkyl halides is 2. The van der Waals surface area contributed by atoms with Crippen molar-refractivity contribution < 1.29 is 30.1 Å². The highest BCUT2D eigenvalue weighted by Crippen LogP contribution is 2.40. The van der Waals surface area contributed by atoms with Crippen molar-refractivity contribution in [3.05, 3.63) is 78.0 Å². The van der Waals surface area contributed by atoms with Gasteiger partial charge >= 0.3 is 0 Å². The number of fused-ring (bicyclic) bond motifs is 1. The van der Waals surface area contributed by atoms with Gasteiger partial charge in [-0.15, -0.1) is 5.10 Å².